The average molecular weight is 576 g/mol. The number of hydrazine groups is 1. The van der Waals surface area contributed by atoms with Gasteiger partial charge in [0.25, 0.3) is 5.91 Å². The first-order valence-corrected chi connectivity index (χ1v) is 12.1. The summed E-state index contributed by atoms with van der Waals surface area (Å²) in [5, 5.41) is 3.70. The predicted molar refractivity (Wildman–Crippen MR) is 139 cm³/mol. The molecule has 1 aliphatic rings. The van der Waals surface area contributed by atoms with Crippen LogP contribution in [0.5, 0.6) is 0 Å². The molecule has 0 aliphatic heterocycles. The molecule has 182 valence electrons. The number of nitrogens with one attached hydrogen (secondary N) is 3. The Labute approximate surface area is 225 Å². The van der Waals surface area contributed by atoms with E-state index in [0.29, 0.717) is 32.5 Å². The molecule has 1 saturated carbocycles. The van der Waals surface area contributed by atoms with Gasteiger partial charge in [0, 0.05) is 21.7 Å². The Morgan fingerprint density at radius 3 is 2.29 bits per heavy atom. The normalized spacial score (nSPS) is 18.0. The van der Waals surface area contributed by atoms with Crippen LogP contribution in [0, 0.1) is 18.7 Å². The van der Waals surface area contributed by atoms with Crippen LogP contribution in [0.25, 0.3) is 0 Å². The number of aryl methyl sites for hydroxylation is 1. The van der Waals surface area contributed by atoms with E-state index in [2.05, 4.69) is 16.2 Å². The van der Waals surface area contributed by atoms with Crippen molar-refractivity contribution in [1.82, 2.24) is 5.43 Å². The number of rotatable bonds is 6. The van der Waals surface area contributed by atoms with E-state index < -0.39 is 28.0 Å². The Morgan fingerprint density at radius 2 is 1.63 bits per heavy atom. The number of benzene rings is 3. The van der Waals surface area contributed by atoms with E-state index in [1.807, 2.05) is 0 Å². The highest BCUT2D eigenvalue weighted by Crippen LogP contribution is 2.65. The summed E-state index contributed by atoms with van der Waals surface area (Å²) in [5.41, 5.74) is 7.42. The van der Waals surface area contributed by atoms with Gasteiger partial charge in [-0.1, -0.05) is 34.8 Å². The second-order valence-corrected chi connectivity index (χ2v) is 10.8. The second-order valence-electron chi connectivity index (χ2n) is 8.05. The summed E-state index contributed by atoms with van der Waals surface area (Å²) in [4.78, 5) is 25.7. The number of alkyl halides is 2. The summed E-state index contributed by atoms with van der Waals surface area (Å²) in [6.45, 7) is 1.69. The first-order chi connectivity index (χ1) is 16.5. The molecule has 0 aromatic heterocycles. The molecule has 5 nitrogen and oxygen atoms in total. The predicted octanol–water partition coefficient (Wildman–Crippen LogP) is 7.38. The fourth-order valence-electron chi connectivity index (χ4n) is 3.78. The average Bonchev–Trinajstić information content (AvgIpc) is 3.35. The van der Waals surface area contributed by atoms with Gasteiger partial charge in [-0.2, -0.15) is 0 Å². The zero-order chi connectivity index (χ0) is 25.5. The van der Waals surface area contributed by atoms with Crippen LogP contribution < -0.4 is 16.2 Å². The molecular formula is C24H17Cl5FN3O2. The Hall–Kier alpha value is -2.22. The lowest BCUT2D eigenvalue weighted by molar-refractivity contribution is -0.117. The first kappa shape index (κ1) is 25.9. The van der Waals surface area contributed by atoms with Gasteiger partial charge in [0.1, 0.15) is 10.2 Å². The van der Waals surface area contributed by atoms with Gasteiger partial charge in [0.15, 0.2) is 0 Å². The van der Waals surface area contributed by atoms with Crippen LogP contribution in [-0.2, 0) is 4.79 Å². The molecule has 11 heteroatoms. The van der Waals surface area contributed by atoms with Crippen LogP contribution >= 0.6 is 58.0 Å². The molecule has 2 atom stereocenters. The van der Waals surface area contributed by atoms with Crippen molar-refractivity contribution < 1.29 is 14.0 Å². The van der Waals surface area contributed by atoms with Gasteiger partial charge in [0.05, 0.1) is 22.2 Å². The highest BCUT2D eigenvalue weighted by Gasteiger charge is 2.67. The molecule has 0 bridgehead atoms. The lowest BCUT2D eigenvalue weighted by Gasteiger charge is -2.13. The Morgan fingerprint density at radius 1 is 0.943 bits per heavy atom. The maximum atomic E-state index is 13.3. The zero-order valence-electron chi connectivity index (χ0n) is 17.9. The fraction of sp³-hybridized carbons (Fsp3) is 0.167. The van der Waals surface area contributed by atoms with Gasteiger partial charge in [-0.25, -0.2) is 4.39 Å². The Kier molecular flexibility index (Phi) is 7.41. The molecule has 35 heavy (non-hydrogen) atoms. The van der Waals surface area contributed by atoms with Gasteiger partial charge in [-0.15, -0.1) is 23.2 Å². The molecule has 3 aromatic rings. The van der Waals surface area contributed by atoms with Crippen molar-refractivity contribution in [3.8, 4) is 0 Å². The third-order valence-electron chi connectivity index (χ3n) is 5.56. The summed E-state index contributed by atoms with van der Waals surface area (Å²) in [5.74, 6) is -2.67. The lowest BCUT2D eigenvalue weighted by atomic mass is 10.1. The van der Waals surface area contributed by atoms with E-state index in [1.165, 1.54) is 30.3 Å². The minimum Gasteiger partial charge on any atom is -0.326 e. The lowest BCUT2D eigenvalue weighted by Crippen LogP contribution is -2.30. The van der Waals surface area contributed by atoms with Gasteiger partial charge in [-0.05, 0) is 72.6 Å². The van der Waals surface area contributed by atoms with Crippen LogP contribution in [0.4, 0.5) is 15.8 Å². The minimum atomic E-state index is -1.35. The van der Waals surface area contributed by atoms with Gasteiger partial charge < -0.3 is 5.32 Å². The Balaban J connectivity index is 1.46. The maximum absolute atomic E-state index is 13.3. The summed E-state index contributed by atoms with van der Waals surface area (Å²) in [6.07, 6.45) is 0. The molecule has 0 saturated heterocycles. The largest absolute Gasteiger partial charge is 0.326 e. The molecule has 3 N–H and O–H groups in total. The van der Waals surface area contributed by atoms with E-state index in [-0.39, 0.29) is 16.4 Å². The number of amides is 2. The molecule has 0 heterocycles. The van der Waals surface area contributed by atoms with Crippen molar-refractivity contribution in [2.24, 2.45) is 5.92 Å². The van der Waals surface area contributed by atoms with Crippen LogP contribution in [0.1, 0.15) is 27.4 Å². The third-order valence-corrected chi connectivity index (χ3v) is 7.26. The van der Waals surface area contributed by atoms with Crippen molar-refractivity contribution in [3.63, 3.8) is 0 Å². The van der Waals surface area contributed by atoms with Crippen molar-refractivity contribution >= 4 is 81.2 Å². The summed E-state index contributed by atoms with van der Waals surface area (Å²) in [7, 11) is 0. The SMILES string of the molecule is Cc1cc(F)ccc1NNC(=O)c1cc(NC(=O)[C@H]2[C@H](c3cc(Cl)cc(Cl)c3)C2(Cl)Cl)ccc1Cl. The molecule has 4 rings (SSSR count). The van der Waals surface area contributed by atoms with E-state index in [9.17, 15) is 14.0 Å². The molecule has 1 aliphatic carbocycles. The standard InChI is InChI=1S/C24H17Cl5FN3O2/c1-11-6-15(30)2-5-19(11)32-33-22(34)17-10-16(3-4-18(17)27)31-23(35)21-20(24(21,28)29)12-7-13(25)9-14(26)8-12/h2-10,20-21,32H,1H3,(H,31,35)(H,33,34)/t20-,21+/m0/s1. The molecule has 0 spiro atoms. The molecule has 1 fully saturated rings. The van der Waals surface area contributed by atoms with Crippen molar-refractivity contribution in [1.29, 1.82) is 0 Å². The summed E-state index contributed by atoms with van der Waals surface area (Å²) >= 11 is 31.1. The fourth-order valence-corrected chi connectivity index (χ4v) is 5.35. The first-order valence-electron chi connectivity index (χ1n) is 10.2. The zero-order valence-corrected chi connectivity index (χ0v) is 21.7. The molecule has 0 unspecified atom stereocenters. The number of halogens is 6. The number of hydrogen-bond acceptors (Lipinski definition) is 3. The highest BCUT2D eigenvalue weighted by molar-refractivity contribution is 6.53. The smallest absolute Gasteiger partial charge is 0.271 e. The summed E-state index contributed by atoms with van der Waals surface area (Å²) in [6, 6.07) is 13.4. The topological polar surface area (TPSA) is 70.2 Å². The van der Waals surface area contributed by atoms with Crippen LogP contribution in [0.15, 0.2) is 54.6 Å². The maximum Gasteiger partial charge on any atom is 0.271 e. The van der Waals surface area contributed by atoms with Crippen LogP contribution in [0.2, 0.25) is 15.1 Å². The minimum absolute atomic E-state index is 0.105. The number of anilines is 2. The summed E-state index contributed by atoms with van der Waals surface area (Å²) < 4.78 is 11.9. The number of carbonyl (C=O) groups is 2. The quantitative estimate of drug-likeness (QED) is 0.212. The number of carbonyl (C=O) groups excluding carboxylic acids is 2. The molecule has 3 aromatic carbocycles. The molecule has 2 amide bonds. The van der Waals surface area contributed by atoms with E-state index in [1.54, 1.807) is 31.2 Å². The van der Waals surface area contributed by atoms with Crippen molar-refractivity contribution in [2.45, 2.75) is 17.2 Å². The van der Waals surface area contributed by atoms with Crippen LogP contribution in [0.3, 0.4) is 0 Å². The molecular weight excluding hydrogens is 559 g/mol. The van der Waals surface area contributed by atoms with Crippen molar-refractivity contribution in [3.05, 3.63) is 92.2 Å². The highest BCUT2D eigenvalue weighted by atomic mass is 35.5. The van der Waals surface area contributed by atoms with E-state index in [0.717, 1.165) is 0 Å². The van der Waals surface area contributed by atoms with Gasteiger partial charge in [-0.3, -0.25) is 20.4 Å². The van der Waals surface area contributed by atoms with E-state index in [4.69, 9.17) is 58.0 Å². The number of hydrogen-bond donors (Lipinski definition) is 3. The molecule has 0 radical (unpaired) electrons. The van der Waals surface area contributed by atoms with Crippen molar-refractivity contribution in [2.75, 3.05) is 10.7 Å². The van der Waals surface area contributed by atoms with Crippen LogP contribution in [-0.4, -0.2) is 16.1 Å². The van der Waals surface area contributed by atoms with E-state index >= 15 is 0 Å². The Bertz CT molecular complexity index is 1310. The monoisotopic (exact) mass is 573 g/mol. The second kappa shape index (κ2) is 10.0. The van der Waals surface area contributed by atoms with Gasteiger partial charge >= 0.3 is 0 Å². The van der Waals surface area contributed by atoms with Gasteiger partial charge in [0.2, 0.25) is 5.91 Å². The third kappa shape index (κ3) is 5.63.